The molecule has 1 aromatic carbocycles. The van der Waals surface area contributed by atoms with E-state index in [4.69, 9.17) is 16.7 Å². The topological polar surface area (TPSA) is 46.5 Å². The van der Waals surface area contributed by atoms with Gasteiger partial charge in [-0.15, -0.1) is 0 Å². The van der Waals surface area contributed by atoms with Crippen molar-refractivity contribution in [2.45, 2.75) is 6.92 Å². The maximum Gasteiger partial charge on any atom is 0.338 e. The number of halogens is 2. The molecule has 0 atom stereocenters. The summed E-state index contributed by atoms with van der Waals surface area (Å²) >= 11 is 7.95. The van der Waals surface area contributed by atoms with E-state index in [-0.39, 0.29) is 5.97 Å². The number of hydrogen-bond donors (Lipinski definition) is 1. The highest BCUT2D eigenvalue weighted by Gasteiger charge is 2.11. The van der Waals surface area contributed by atoms with Crippen LogP contribution in [0.2, 0.25) is 5.02 Å². The minimum absolute atomic E-state index is 0.327. The van der Waals surface area contributed by atoms with Crippen molar-refractivity contribution in [3.8, 4) is 0 Å². The van der Waals surface area contributed by atoms with E-state index in [1.807, 2.05) is 6.92 Å². The highest BCUT2D eigenvalue weighted by molar-refractivity contribution is 14.1. The molecule has 0 aromatic heterocycles. The Labute approximate surface area is 108 Å². The third-order valence-corrected chi connectivity index (χ3v) is 3.20. The maximum atomic E-state index is 11.2. The summed E-state index contributed by atoms with van der Waals surface area (Å²) < 4.78 is 5.48. The Morgan fingerprint density at radius 2 is 2.00 bits per heavy atom. The molecule has 1 aromatic rings. The Balaban J connectivity index is 0.000000921. The third-order valence-electron chi connectivity index (χ3n) is 1.67. The van der Waals surface area contributed by atoms with Crippen molar-refractivity contribution in [1.82, 2.24) is 0 Å². The zero-order valence-corrected chi connectivity index (χ0v) is 11.6. The van der Waals surface area contributed by atoms with Crippen LogP contribution in [0.1, 0.15) is 15.9 Å². The molecule has 3 nitrogen and oxygen atoms in total. The molecule has 0 amide bonds. The van der Waals surface area contributed by atoms with Gasteiger partial charge in [0.25, 0.3) is 0 Å². The summed E-state index contributed by atoms with van der Waals surface area (Å²) in [6.45, 7) is 1.83. The van der Waals surface area contributed by atoms with Gasteiger partial charge in [-0.3, -0.25) is 0 Å². The number of rotatable bonds is 1. The zero-order valence-electron chi connectivity index (χ0n) is 8.67. The number of aliphatic hydroxyl groups is 1. The van der Waals surface area contributed by atoms with Gasteiger partial charge in [-0.05, 0) is 47.2 Å². The van der Waals surface area contributed by atoms with Crippen LogP contribution >= 0.6 is 34.2 Å². The molecule has 15 heavy (non-hydrogen) atoms. The highest BCUT2D eigenvalue weighted by atomic mass is 127. The third kappa shape index (κ3) is 3.96. The molecule has 0 spiro atoms. The average Bonchev–Trinajstić information content (AvgIpc) is 2.25. The second-order valence-electron chi connectivity index (χ2n) is 2.57. The first-order valence-corrected chi connectivity index (χ1v) is 5.50. The predicted octanol–water partition coefficient (Wildman–Crippen LogP) is 2.65. The lowest BCUT2D eigenvalue weighted by Crippen LogP contribution is -2.04. The van der Waals surface area contributed by atoms with E-state index in [1.54, 1.807) is 12.1 Å². The van der Waals surface area contributed by atoms with E-state index >= 15 is 0 Å². The summed E-state index contributed by atoms with van der Waals surface area (Å²) in [6, 6.07) is 3.49. The van der Waals surface area contributed by atoms with E-state index in [2.05, 4.69) is 27.3 Å². The van der Waals surface area contributed by atoms with Crippen LogP contribution in [0.25, 0.3) is 0 Å². The summed E-state index contributed by atoms with van der Waals surface area (Å²) in [6.07, 6.45) is 0. The molecule has 0 heterocycles. The number of aryl methyl sites for hydroxylation is 1. The number of ether oxygens (including phenoxy) is 1. The molecule has 0 saturated carbocycles. The first-order valence-electron chi connectivity index (χ1n) is 4.05. The number of methoxy groups -OCH3 is 1. The molecular weight excluding hydrogens is 330 g/mol. The Morgan fingerprint density at radius 3 is 2.47 bits per heavy atom. The summed E-state index contributed by atoms with van der Waals surface area (Å²) in [4.78, 5) is 11.2. The number of aliphatic hydroxyl groups excluding tert-OH is 1. The Hall–Kier alpha value is -0.330. The van der Waals surface area contributed by atoms with E-state index in [0.717, 1.165) is 16.2 Å². The van der Waals surface area contributed by atoms with Crippen LogP contribution in [0.15, 0.2) is 12.1 Å². The predicted molar refractivity (Wildman–Crippen MR) is 68.4 cm³/mol. The Morgan fingerprint density at radius 1 is 1.47 bits per heavy atom. The number of hydrogen-bond acceptors (Lipinski definition) is 3. The maximum absolute atomic E-state index is 11.2. The van der Waals surface area contributed by atoms with Gasteiger partial charge in [-0.1, -0.05) is 11.6 Å². The molecule has 0 aliphatic heterocycles. The normalized spacial score (nSPS) is 8.93. The molecule has 5 heteroatoms. The first kappa shape index (κ1) is 14.7. The lowest BCUT2D eigenvalue weighted by atomic mass is 10.1. The smallest absolute Gasteiger partial charge is 0.338 e. The molecule has 84 valence electrons. The molecular formula is C10H12ClIO3. The SMILES string of the molecule is CO.COC(=O)c1cc(I)c(Cl)cc1C. The Bertz CT molecular complexity index is 353. The van der Waals surface area contributed by atoms with Gasteiger partial charge in [0.1, 0.15) is 0 Å². The second kappa shape index (κ2) is 7.03. The molecule has 0 radical (unpaired) electrons. The van der Waals surface area contributed by atoms with Gasteiger partial charge in [-0.2, -0.15) is 0 Å². The summed E-state index contributed by atoms with van der Waals surface area (Å²) in [5, 5.41) is 7.66. The number of carbonyl (C=O) groups is 1. The van der Waals surface area contributed by atoms with Crippen LogP contribution in [0.3, 0.4) is 0 Å². The largest absolute Gasteiger partial charge is 0.465 e. The first-order chi connectivity index (χ1) is 7.06. The zero-order chi connectivity index (χ0) is 12.0. The minimum Gasteiger partial charge on any atom is -0.465 e. The lowest BCUT2D eigenvalue weighted by molar-refractivity contribution is 0.0600. The van der Waals surface area contributed by atoms with Crippen LogP contribution in [0, 0.1) is 10.5 Å². The molecule has 1 N–H and O–H groups in total. The van der Waals surface area contributed by atoms with E-state index < -0.39 is 0 Å². The van der Waals surface area contributed by atoms with Gasteiger partial charge >= 0.3 is 5.97 Å². The quantitative estimate of drug-likeness (QED) is 0.630. The van der Waals surface area contributed by atoms with Crippen LogP contribution in [0.5, 0.6) is 0 Å². The van der Waals surface area contributed by atoms with Crippen LogP contribution in [-0.2, 0) is 4.74 Å². The van der Waals surface area contributed by atoms with Gasteiger partial charge < -0.3 is 9.84 Å². The summed E-state index contributed by atoms with van der Waals surface area (Å²) in [7, 11) is 2.36. The summed E-state index contributed by atoms with van der Waals surface area (Å²) in [5.74, 6) is -0.327. The molecule has 0 saturated heterocycles. The van der Waals surface area contributed by atoms with Crippen molar-refractivity contribution in [1.29, 1.82) is 0 Å². The van der Waals surface area contributed by atoms with Gasteiger partial charge in [-0.25, -0.2) is 4.79 Å². The fourth-order valence-electron chi connectivity index (χ4n) is 0.976. The standard InChI is InChI=1S/C9H8ClIO2.CH4O/c1-5-3-7(10)8(11)4-6(5)9(12)13-2;1-2/h3-4H,1-2H3;2H,1H3. The van der Waals surface area contributed by atoms with Gasteiger partial charge in [0, 0.05) is 10.7 Å². The average molecular weight is 343 g/mol. The van der Waals surface area contributed by atoms with E-state index in [1.165, 1.54) is 7.11 Å². The van der Waals surface area contributed by atoms with Crippen LogP contribution in [0.4, 0.5) is 0 Å². The number of esters is 1. The van der Waals surface area contributed by atoms with Crippen molar-refractivity contribution >= 4 is 40.2 Å². The van der Waals surface area contributed by atoms with Crippen molar-refractivity contribution in [3.05, 3.63) is 31.9 Å². The molecule has 0 fully saturated rings. The number of benzene rings is 1. The van der Waals surface area contributed by atoms with Gasteiger partial charge in [0.2, 0.25) is 0 Å². The molecule has 0 bridgehead atoms. The van der Waals surface area contributed by atoms with Crippen molar-refractivity contribution in [3.63, 3.8) is 0 Å². The van der Waals surface area contributed by atoms with Crippen molar-refractivity contribution in [2.24, 2.45) is 0 Å². The minimum atomic E-state index is -0.327. The molecule has 0 aliphatic rings. The lowest BCUT2D eigenvalue weighted by Gasteiger charge is -2.05. The highest BCUT2D eigenvalue weighted by Crippen LogP contribution is 2.23. The molecule has 0 aliphatic carbocycles. The molecule has 0 unspecified atom stereocenters. The van der Waals surface area contributed by atoms with Crippen molar-refractivity contribution < 1.29 is 14.6 Å². The van der Waals surface area contributed by atoms with E-state index in [9.17, 15) is 4.79 Å². The van der Waals surface area contributed by atoms with Gasteiger partial charge in [0.15, 0.2) is 0 Å². The van der Waals surface area contributed by atoms with Crippen LogP contribution < -0.4 is 0 Å². The monoisotopic (exact) mass is 342 g/mol. The van der Waals surface area contributed by atoms with E-state index in [0.29, 0.717) is 10.6 Å². The molecule has 1 rings (SSSR count). The number of carbonyl (C=O) groups excluding carboxylic acids is 1. The van der Waals surface area contributed by atoms with Crippen LogP contribution in [-0.4, -0.2) is 25.3 Å². The van der Waals surface area contributed by atoms with Gasteiger partial charge in [0.05, 0.1) is 17.7 Å². The van der Waals surface area contributed by atoms with Crippen molar-refractivity contribution in [2.75, 3.05) is 14.2 Å². The fraction of sp³-hybridized carbons (Fsp3) is 0.300. The Kier molecular flexibility index (Phi) is 6.87. The summed E-state index contributed by atoms with van der Waals surface area (Å²) in [5.41, 5.74) is 1.40. The second-order valence-corrected chi connectivity index (χ2v) is 4.14. The fourth-order valence-corrected chi connectivity index (χ4v) is 1.66.